The predicted octanol–water partition coefficient (Wildman–Crippen LogP) is 11.7. The van der Waals surface area contributed by atoms with Crippen LogP contribution in [0, 0.1) is 27.7 Å². The number of benzene rings is 5. The fourth-order valence-electron chi connectivity index (χ4n) is 8.28. The summed E-state index contributed by atoms with van der Waals surface area (Å²) < 4.78 is 0. The monoisotopic (exact) mass is 587 g/mol. The lowest BCUT2D eigenvalue weighted by molar-refractivity contribution is 0.0517. The molecule has 0 aliphatic carbocycles. The van der Waals surface area contributed by atoms with Crippen molar-refractivity contribution in [3.8, 4) is 0 Å². The molecule has 1 aliphatic heterocycles. The van der Waals surface area contributed by atoms with Crippen molar-refractivity contribution in [1.82, 2.24) is 4.90 Å². The molecule has 1 aliphatic rings. The van der Waals surface area contributed by atoms with Crippen LogP contribution in [-0.2, 0) is 0 Å². The molecule has 0 atom stereocenters. The second-order valence-electron chi connectivity index (χ2n) is 13.6. The number of imide groups is 1. The Balaban J connectivity index is 1.51. The molecular weight excluding hydrogens is 538 g/mol. The molecule has 0 saturated heterocycles. The molecule has 5 aromatic rings. The first-order valence-corrected chi connectivity index (χ1v) is 17.3. The standard InChI is InChI=1S/C41H49NO2/c1-7-9-11-13-15-17-29(18-16-14-12-10-8-2)42-40(43)32-23-27(5)35-30-21-19-25(3)34-26(4)20-22-31(37(30)34)36-28(6)24-33(41(42)44)38(32)39(35)36/h19-24,29H,7-18H2,1-6H3. The van der Waals surface area contributed by atoms with Gasteiger partial charge in [0.15, 0.2) is 0 Å². The zero-order valence-corrected chi connectivity index (χ0v) is 27.8. The molecule has 0 bridgehead atoms. The molecule has 0 saturated carbocycles. The molecule has 3 nitrogen and oxygen atoms in total. The Kier molecular flexibility index (Phi) is 8.68. The molecule has 0 radical (unpaired) electrons. The Hall–Kier alpha value is -3.46. The third-order valence-electron chi connectivity index (χ3n) is 10.5. The second-order valence-corrected chi connectivity index (χ2v) is 13.6. The first kappa shape index (κ1) is 30.6. The topological polar surface area (TPSA) is 37.4 Å². The largest absolute Gasteiger partial charge is 0.271 e. The maximum absolute atomic E-state index is 14.5. The van der Waals surface area contributed by atoms with Crippen molar-refractivity contribution < 1.29 is 9.59 Å². The van der Waals surface area contributed by atoms with Gasteiger partial charge in [-0.25, -0.2) is 0 Å². The van der Waals surface area contributed by atoms with Crippen molar-refractivity contribution in [3.05, 3.63) is 69.8 Å². The van der Waals surface area contributed by atoms with Gasteiger partial charge in [0.05, 0.1) is 0 Å². The lowest BCUT2D eigenvalue weighted by Crippen LogP contribution is -2.47. The number of fused-ring (bicyclic) bond motifs is 2. The Morgan fingerprint density at radius 3 is 1.41 bits per heavy atom. The van der Waals surface area contributed by atoms with Crippen LogP contribution >= 0.6 is 0 Å². The van der Waals surface area contributed by atoms with E-state index in [9.17, 15) is 9.59 Å². The zero-order chi connectivity index (χ0) is 31.1. The number of amides is 2. The molecule has 0 N–H and O–H groups in total. The van der Waals surface area contributed by atoms with Crippen LogP contribution in [0.4, 0.5) is 0 Å². The maximum Gasteiger partial charge on any atom is 0.261 e. The van der Waals surface area contributed by atoms with Crippen LogP contribution in [0.1, 0.15) is 134 Å². The maximum atomic E-state index is 14.5. The van der Waals surface area contributed by atoms with Gasteiger partial charge in [-0.15, -0.1) is 0 Å². The van der Waals surface area contributed by atoms with Crippen molar-refractivity contribution in [1.29, 1.82) is 0 Å². The average molecular weight is 588 g/mol. The van der Waals surface area contributed by atoms with Gasteiger partial charge in [0.25, 0.3) is 11.8 Å². The SMILES string of the molecule is CCCCCCCC(CCCCCCC)N1C(=O)c2cc(C)c3c4ccc(C)c5c(C)ccc(c6c(C)cc(c2c36)C1=O)c54. The summed E-state index contributed by atoms with van der Waals surface area (Å²) in [7, 11) is 0. The van der Waals surface area contributed by atoms with Crippen LogP contribution in [-0.4, -0.2) is 22.8 Å². The van der Waals surface area contributed by atoms with Crippen LogP contribution in [0.15, 0.2) is 36.4 Å². The first-order chi connectivity index (χ1) is 21.3. The number of carbonyl (C=O) groups excluding carboxylic acids is 2. The Labute approximate surface area is 263 Å². The Morgan fingerprint density at radius 2 is 0.955 bits per heavy atom. The van der Waals surface area contributed by atoms with Gasteiger partial charge in [0, 0.05) is 22.6 Å². The van der Waals surface area contributed by atoms with E-state index in [1.165, 1.54) is 82.0 Å². The Bertz CT molecular complexity index is 1750. The highest BCUT2D eigenvalue weighted by atomic mass is 16.2. The molecule has 0 fully saturated rings. The van der Waals surface area contributed by atoms with Crippen LogP contribution in [0.2, 0.25) is 0 Å². The minimum Gasteiger partial charge on any atom is -0.271 e. The zero-order valence-electron chi connectivity index (χ0n) is 27.8. The van der Waals surface area contributed by atoms with Crippen LogP contribution in [0.3, 0.4) is 0 Å². The van der Waals surface area contributed by atoms with E-state index in [4.69, 9.17) is 0 Å². The number of unbranched alkanes of at least 4 members (excludes halogenated alkanes) is 8. The number of hydrogen-bond donors (Lipinski definition) is 0. The summed E-state index contributed by atoms with van der Waals surface area (Å²) >= 11 is 0. The van der Waals surface area contributed by atoms with E-state index in [2.05, 4.69) is 77.9 Å². The molecule has 0 unspecified atom stereocenters. The summed E-state index contributed by atoms with van der Waals surface area (Å²) in [6.45, 7) is 13.2. The highest BCUT2D eigenvalue weighted by Gasteiger charge is 2.38. The summed E-state index contributed by atoms with van der Waals surface area (Å²) in [5.41, 5.74) is 6.20. The summed E-state index contributed by atoms with van der Waals surface area (Å²) in [5.74, 6) is -0.189. The van der Waals surface area contributed by atoms with Crippen LogP contribution in [0.25, 0.3) is 43.1 Å². The highest BCUT2D eigenvalue weighted by Crippen LogP contribution is 2.47. The molecule has 5 aromatic carbocycles. The Morgan fingerprint density at radius 1 is 0.500 bits per heavy atom. The number of aryl methyl sites for hydroxylation is 4. The number of carbonyl (C=O) groups is 2. The van der Waals surface area contributed by atoms with Crippen molar-refractivity contribution in [2.75, 3.05) is 0 Å². The summed E-state index contributed by atoms with van der Waals surface area (Å²) in [6.07, 6.45) is 13.6. The number of hydrogen-bond acceptors (Lipinski definition) is 2. The van der Waals surface area contributed by atoms with Gasteiger partial charge < -0.3 is 0 Å². The molecule has 1 heterocycles. The molecule has 0 spiro atoms. The number of nitrogens with zero attached hydrogens (tertiary/aromatic N) is 1. The lowest BCUT2D eigenvalue weighted by atomic mass is 9.80. The summed E-state index contributed by atoms with van der Waals surface area (Å²) in [6, 6.07) is 13.1. The minimum absolute atomic E-state index is 0.0465. The van der Waals surface area contributed by atoms with E-state index >= 15 is 0 Å². The predicted molar refractivity (Wildman–Crippen MR) is 188 cm³/mol. The van der Waals surface area contributed by atoms with Crippen LogP contribution in [0.5, 0.6) is 0 Å². The van der Waals surface area contributed by atoms with E-state index in [0.29, 0.717) is 11.1 Å². The van der Waals surface area contributed by atoms with E-state index in [-0.39, 0.29) is 17.9 Å². The van der Waals surface area contributed by atoms with Gasteiger partial charge in [-0.3, -0.25) is 14.5 Å². The molecule has 2 amide bonds. The molecule has 6 rings (SSSR count). The molecule has 44 heavy (non-hydrogen) atoms. The van der Waals surface area contributed by atoms with Gasteiger partial charge in [-0.05, 0) is 113 Å². The molecule has 230 valence electrons. The van der Waals surface area contributed by atoms with Crippen LogP contribution < -0.4 is 0 Å². The van der Waals surface area contributed by atoms with E-state index in [0.717, 1.165) is 60.4 Å². The lowest BCUT2D eigenvalue weighted by Gasteiger charge is -2.35. The van der Waals surface area contributed by atoms with E-state index < -0.39 is 0 Å². The normalized spacial score (nSPS) is 13.7. The van der Waals surface area contributed by atoms with E-state index in [1.807, 2.05) is 0 Å². The van der Waals surface area contributed by atoms with Gasteiger partial charge in [0.2, 0.25) is 0 Å². The summed E-state index contributed by atoms with van der Waals surface area (Å²) in [5, 5.41) is 9.38. The van der Waals surface area contributed by atoms with Gasteiger partial charge in [0.1, 0.15) is 0 Å². The van der Waals surface area contributed by atoms with E-state index in [1.54, 1.807) is 4.90 Å². The average Bonchev–Trinajstić information content (AvgIpc) is 3.00. The van der Waals surface area contributed by atoms with Crippen molar-refractivity contribution in [2.24, 2.45) is 0 Å². The van der Waals surface area contributed by atoms with Crippen molar-refractivity contribution >= 4 is 54.9 Å². The quantitative estimate of drug-likeness (QED) is 0.0594. The van der Waals surface area contributed by atoms with Gasteiger partial charge >= 0.3 is 0 Å². The van der Waals surface area contributed by atoms with Crippen molar-refractivity contribution in [2.45, 2.75) is 125 Å². The summed E-state index contributed by atoms with van der Waals surface area (Å²) in [4.78, 5) is 30.7. The fraction of sp³-hybridized carbons (Fsp3) is 0.463. The molecule has 0 aromatic heterocycles. The van der Waals surface area contributed by atoms with Gasteiger partial charge in [-0.2, -0.15) is 0 Å². The van der Waals surface area contributed by atoms with Gasteiger partial charge in [-0.1, -0.05) is 102 Å². The number of rotatable bonds is 13. The first-order valence-electron chi connectivity index (χ1n) is 17.3. The van der Waals surface area contributed by atoms with Crippen molar-refractivity contribution in [3.63, 3.8) is 0 Å². The minimum atomic E-state index is -0.0946. The molecule has 3 heteroatoms. The second kappa shape index (κ2) is 12.5. The fourth-order valence-corrected chi connectivity index (χ4v) is 8.28. The third-order valence-corrected chi connectivity index (χ3v) is 10.5. The highest BCUT2D eigenvalue weighted by molar-refractivity contribution is 6.39. The third kappa shape index (κ3) is 4.97. The smallest absolute Gasteiger partial charge is 0.261 e. The molecular formula is C41H49NO2.